The van der Waals surface area contributed by atoms with E-state index < -0.39 is 0 Å². The number of hydrogen-bond donors (Lipinski definition) is 2. The van der Waals surface area contributed by atoms with E-state index in [0.29, 0.717) is 6.04 Å². The molecule has 13 heavy (non-hydrogen) atoms. The lowest BCUT2D eigenvalue weighted by Crippen LogP contribution is -2.20. The summed E-state index contributed by atoms with van der Waals surface area (Å²) in [5.74, 6) is 0. The second-order valence-corrected chi connectivity index (χ2v) is 5.26. The maximum absolute atomic E-state index is 8.88. The van der Waals surface area contributed by atoms with E-state index in [-0.39, 0.29) is 6.61 Å². The Hall–Kier alpha value is 0.1000. The lowest BCUT2D eigenvalue weighted by atomic mass is 10.2. The van der Waals surface area contributed by atoms with E-state index in [1.807, 2.05) is 6.07 Å². The van der Waals surface area contributed by atoms with Gasteiger partial charge in [-0.25, -0.2) is 0 Å². The molecule has 0 saturated heterocycles. The highest BCUT2D eigenvalue weighted by Gasteiger charge is 2.11. The highest BCUT2D eigenvalue weighted by atomic mass is 79.9. The summed E-state index contributed by atoms with van der Waals surface area (Å²) in [4.78, 5) is 1.28. The van der Waals surface area contributed by atoms with Gasteiger partial charge in [-0.3, -0.25) is 0 Å². The highest BCUT2D eigenvalue weighted by molar-refractivity contribution is 9.11. The van der Waals surface area contributed by atoms with E-state index >= 15 is 0 Å². The van der Waals surface area contributed by atoms with Gasteiger partial charge in [0, 0.05) is 17.5 Å². The van der Waals surface area contributed by atoms with Gasteiger partial charge < -0.3 is 10.4 Å². The Morgan fingerprint density at radius 3 is 2.85 bits per heavy atom. The van der Waals surface area contributed by atoms with E-state index in [0.717, 1.165) is 16.8 Å². The van der Waals surface area contributed by atoms with Gasteiger partial charge in [0.25, 0.3) is 0 Å². The first kappa shape index (κ1) is 11.2. The molecule has 1 rings (SSSR count). The van der Waals surface area contributed by atoms with Crippen molar-refractivity contribution < 1.29 is 5.11 Å². The zero-order chi connectivity index (χ0) is 9.68. The predicted octanol–water partition coefficient (Wildman–Crippen LogP) is 2.54. The van der Waals surface area contributed by atoms with Gasteiger partial charge in [0.15, 0.2) is 0 Å². The summed E-state index contributed by atoms with van der Waals surface area (Å²) in [5.41, 5.74) is 0. The summed E-state index contributed by atoms with van der Waals surface area (Å²) in [5, 5.41) is 12.2. The van der Waals surface area contributed by atoms with Crippen molar-refractivity contribution >= 4 is 27.3 Å². The largest absolute Gasteiger partial charge is 0.396 e. The second kappa shape index (κ2) is 5.75. The van der Waals surface area contributed by atoms with E-state index in [1.165, 1.54) is 4.88 Å². The van der Waals surface area contributed by atoms with Gasteiger partial charge in [-0.1, -0.05) is 6.92 Å². The molecule has 0 fully saturated rings. The Balaban J connectivity index is 2.63. The Morgan fingerprint density at radius 1 is 1.62 bits per heavy atom. The minimum atomic E-state index is 0.229. The molecule has 0 saturated carbocycles. The Labute approximate surface area is 91.1 Å². The van der Waals surface area contributed by atoms with Crippen LogP contribution in [0.5, 0.6) is 0 Å². The topological polar surface area (TPSA) is 32.3 Å². The molecule has 0 bridgehead atoms. The van der Waals surface area contributed by atoms with Crippen LogP contribution in [0.2, 0.25) is 0 Å². The summed E-state index contributed by atoms with van der Waals surface area (Å²) in [7, 11) is 0. The summed E-state index contributed by atoms with van der Waals surface area (Å²) in [6.07, 6.45) is 0.779. The quantitative estimate of drug-likeness (QED) is 0.856. The third-order valence-electron chi connectivity index (χ3n) is 1.81. The summed E-state index contributed by atoms with van der Waals surface area (Å²) >= 11 is 5.15. The predicted molar refractivity (Wildman–Crippen MR) is 60.1 cm³/mol. The zero-order valence-corrected chi connectivity index (χ0v) is 9.99. The van der Waals surface area contributed by atoms with Crippen molar-refractivity contribution in [1.82, 2.24) is 5.32 Å². The van der Waals surface area contributed by atoms with E-state index in [2.05, 4.69) is 34.2 Å². The van der Waals surface area contributed by atoms with Gasteiger partial charge in [-0.15, -0.1) is 11.3 Å². The summed E-state index contributed by atoms with van der Waals surface area (Å²) < 4.78 is 1.14. The van der Waals surface area contributed by atoms with Gasteiger partial charge in [-0.05, 0) is 41.0 Å². The number of nitrogens with one attached hydrogen (secondary N) is 1. The number of aliphatic hydroxyl groups is 1. The SMILES string of the molecule is CCNC(CCO)c1ccc(Br)s1. The number of aliphatic hydroxyl groups excluding tert-OH is 1. The van der Waals surface area contributed by atoms with Crippen LogP contribution in [0.25, 0.3) is 0 Å². The fourth-order valence-electron chi connectivity index (χ4n) is 1.24. The first-order valence-corrected chi connectivity index (χ1v) is 5.98. The first-order valence-electron chi connectivity index (χ1n) is 4.37. The lowest BCUT2D eigenvalue weighted by molar-refractivity contribution is 0.267. The molecular formula is C9H14BrNOS. The fourth-order valence-corrected chi connectivity index (χ4v) is 2.77. The third kappa shape index (κ3) is 3.38. The van der Waals surface area contributed by atoms with Crippen molar-refractivity contribution in [2.45, 2.75) is 19.4 Å². The van der Waals surface area contributed by atoms with Gasteiger partial charge in [0.05, 0.1) is 3.79 Å². The van der Waals surface area contributed by atoms with Crippen LogP contribution in [0.4, 0.5) is 0 Å². The zero-order valence-electron chi connectivity index (χ0n) is 7.59. The van der Waals surface area contributed by atoms with Crippen LogP contribution < -0.4 is 5.32 Å². The normalized spacial score (nSPS) is 13.2. The Bertz CT molecular complexity index is 246. The van der Waals surface area contributed by atoms with Gasteiger partial charge in [-0.2, -0.15) is 0 Å². The fraction of sp³-hybridized carbons (Fsp3) is 0.556. The van der Waals surface area contributed by atoms with Crippen LogP contribution in [0.1, 0.15) is 24.3 Å². The number of halogens is 1. The molecule has 0 aliphatic rings. The standard InChI is InChI=1S/C9H14BrNOS/c1-2-11-7(5-6-12)8-3-4-9(10)13-8/h3-4,7,11-12H,2,5-6H2,1H3. The minimum absolute atomic E-state index is 0.229. The van der Waals surface area contributed by atoms with Crippen molar-refractivity contribution in [1.29, 1.82) is 0 Å². The maximum atomic E-state index is 8.88. The molecule has 0 radical (unpaired) electrons. The lowest BCUT2D eigenvalue weighted by Gasteiger charge is -2.14. The van der Waals surface area contributed by atoms with Crippen molar-refractivity contribution in [3.63, 3.8) is 0 Å². The molecule has 0 aromatic carbocycles. The molecule has 1 atom stereocenters. The average molecular weight is 264 g/mol. The summed E-state index contributed by atoms with van der Waals surface area (Å²) in [6, 6.07) is 4.44. The smallest absolute Gasteiger partial charge is 0.0701 e. The van der Waals surface area contributed by atoms with Gasteiger partial charge in [0.1, 0.15) is 0 Å². The van der Waals surface area contributed by atoms with E-state index in [4.69, 9.17) is 5.11 Å². The first-order chi connectivity index (χ1) is 6.27. The molecule has 0 spiro atoms. The van der Waals surface area contributed by atoms with Gasteiger partial charge >= 0.3 is 0 Å². The van der Waals surface area contributed by atoms with Gasteiger partial charge in [0.2, 0.25) is 0 Å². The van der Waals surface area contributed by atoms with Crippen molar-refractivity contribution in [2.24, 2.45) is 0 Å². The monoisotopic (exact) mass is 263 g/mol. The molecule has 2 nitrogen and oxygen atoms in total. The number of hydrogen-bond acceptors (Lipinski definition) is 3. The second-order valence-electron chi connectivity index (χ2n) is 2.76. The molecule has 1 heterocycles. The molecule has 0 aliphatic carbocycles. The third-order valence-corrected chi connectivity index (χ3v) is 3.54. The molecule has 0 aliphatic heterocycles. The van der Waals surface area contributed by atoms with Crippen LogP contribution in [-0.4, -0.2) is 18.3 Å². The van der Waals surface area contributed by atoms with Crippen LogP contribution in [-0.2, 0) is 0 Å². The molecule has 1 aromatic rings. The maximum Gasteiger partial charge on any atom is 0.0701 e. The molecule has 1 unspecified atom stereocenters. The van der Waals surface area contributed by atoms with E-state index in [9.17, 15) is 0 Å². The Kier molecular flexibility index (Phi) is 4.94. The van der Waals surface area contributed by atoms with Crippen LogP contribution in [0.3, 0.4) is 0 Å². The van der Waals surface area contributed by atoms with Crippen molar-refractivity contribution in [3.8, 4) is 0 Å². The highest BCUT2D eigenvalue weighted by Crippen LogP contribution is 2.28. The Morgan fingerprint density at radius 2 is 2.38 bits per heavy atom. The minimum Gasteiger partial charge on any atom is -0.396 e. The van der Waals surface area contributed by atoms with Crippen LogP contribution >= 0.6 is 27.3 Å². The van der Waals surface area contributed by atoms with Crippen LogP contribution in [0, 0.1) is 0 Å². The number of rotatable bonds is 5. The van der Waals surface area contributed by atoms with Crippen molar-refractivity contribution in [3.05, 3.63) is 20.8 Å². The molecule has 4 heteroatoms. The molecule has 2 N–H and O–H groups in total. The number of thiophene rings is 1. The van der Waals surface area contributed by atoms with Crippen LogP contribution in [0.15, 0.2) is 15.9 Å². The average Bonchev–Trinajstić information content (AvgIpc) is 2.51. The summed E-state index contributed by atoms with van der Waals surface area (Å²) in [6.45, 7) is 3.24. The molecule has 1 aromatic heterocycles. The molecule has 0 amide bonds. The molecule has 74 valence electrons. The molecular weight excluding hydrogens is 250 g/mol. The van der Waals surface area contributed by atoms with E-state index in [1.54, 1.807) is 11.3 Å². The van der Waals surface area contributed by atoms with Crippen molar-refractivity contribution in [2.75, 3.05) is 13.2 Å².